The Balaban J connectivity index is 1.99. The number of nitrogens with two attached hydrogens (primary N) is 1. The van der Waals surface area contributed by atoms with Crippen LogP contribution in [0.4, 0.5) is 5.69 Å². The van der Waals surface area contributed by atoms with Crippen LogP contribution in [0.5, 0.6) is 5.75 Å². The van der Waals surface area contributed by atoms with Crippen LogP contribution < -0.4 is 15.8 Å². The highest BCUT2D eigenvalue weighted by atomic mass is 16.5. The lowest BCUT2D eigenvalue weighted by Crippen LogP contribution is -2.04. The van der Waals surface area contributed by atoms with Crippen LogP contribution in [0.2, 0.25) is 0 Å². The van der Waals surface area contributed by atoms with Gasteiger partial charge in [0.1, 0.15) is 5.75 Å². The number of fused-ring (bicyclic) bond motifs is 1. The van der Waals surface area contributed by atoms with Gasteiger partial charge in [-0.05, 0) is 43.7 Å². The quantitative estimate of drug-likeness (QED) is 0.734. The molecule has 6 heteroatoms. The van der Waals surface area contributed by atoms with E-state index in [1.807, 2.05) is 24.3 Å². The highest BCUT2D eigenvalue weighted by molar-refractivity contribution is 6.34. The van der Waals surface area contributed by atoms with Crippen molar-refractivity contribution in [1.29, 1.82) is 0 Å². The molecule has 0 atom stereocenters. The predicted molar refractivity (Wildman–Crippen MR) is 85.5 cm³/mol. The molecule has 4 N–H and O–H groups in total. The number of aryl methyl sites for hydroxylation is 1. The number of ether oxygens (including phenoxy) is 1. The number of anilines is 1. The summed E-state index contributed by atoms with van der Waals surface area (Å²) in [5, 5.41) is 2.85. The number of aromatic nitrogens is 2. The van der Waals surface area contributed by atoms with Crippen LogP contribution in [0.1, 0.15) is 23.4 Å². The average Bonchev–Trinajstić information content (AvgIpc) is 3.10. The van der Waals surface area contributed by atoms with Gasteiger partial charge in [-0.1, -0.05) is 0 Å². The van der Waals surface area contributed by atoms with E-state index in [0.29, 0.717) is 17.9 Å². The summed E-state index contributed by atoms with van der Waals surface area (Å²) >= 11 is 0. The number of aromatic amines is 1. The van der Waals surface area contributed by atoms with Crippen LogP contribution in [0, 0.1) is 0 Å². The first-order valence-corrected chi connectivity index (χ1v) is 7.16. The molecule has 0 bridgehead atoms. The van der Waals surface area contributed by atoms with Crippen LogP contribution in [-0.4, -0.2) is 29.5 Å². The number of carbonyl (C=O) groups excluding carboxylic acids is 1. The van der Waals surface area contributed by atoms with E-state index in [4.69, 9.17) is 10.5 Å². The highest BCUT2D eigenvalue weighted by Gasteiger charge is 2.25. The van der Waals surface area contributed by atoms with Gasteiger partial charge in [-0.25, -0.2) is 4.98 Å². The zero-order chi connectivity index (χ0) is 15.5. The molecule has 0 aliphatic carbocycles. The van der Waals surface area contributed by atoms with Crippen molar-refractivity contribution in [2.75, 3.05) is 19.0 Å². The molecule has 0 saturated carbocycles. The van der Waals surface area contributed by atoms with E-state index in [2.05, 4.69) is 15.3 Å². The van der Waals surface area contributed by atoms with Gasteiger partial charge in [0.15, 0.2) is 0 Å². The summed E-state index contributed by atoms with van der Waals surface area (Å²) in [7, 11) is 1.61. The molecule has 2 heterocycles. The van der Waals surface area contributed by atoms with Gasteiger partial charge in [0.05, 0.1) is 24.7 Å². The number of H-pyrrole nitrogens is 1. The zero-order valence-corrected chi connectivity index (χ0v) is 12.3. The third-order valence-electron chi connectivity index (χ3n) is 3.67. The predicted octanol–water partition coefficient (Wildman–Crippen LogP) is 1.80. The van der Waals surface area contributed by atoms with E-state index in [1.54, 1.807) is 13.4 Å². The molecule has 0 radical (unpaired) electrons. The molecule has 1 aliphatic rings. The van der Waals surface area contributed by atoms with Crippen LogP contribution >= 0.6 is 0 Å². The second kappa shape index (κ2) is 6.03. The Morgan fingerprint density at radius 1 is 1.41 bits per heavy atom. The summed E-state index contributed by atoms with van der Waals surface area (Å²) in [6.45, 7) is 0.621. The topological polar surface area (TPSA) is 93.0 Å². The summed E-state index contributed by atoms with van der Waals surface area (Å²) in [4.78, 5) is 19.6. The molecule has 0 saturated heterocycles. The van der Waals surface area contributed by atoms with Gasteiger partial charge < -0.3 is 20.8 Å². The van der Waals surface area contributed by atoms with E-state index >= 15 is 0 Å². The zero-order valence-electron chi connectivity index (χ0n) is 12.3. The minimum atomic E-state index is -0.129. The summed E-state index contributed by atoms with van der Waals surface area (Å²) in [5.41, 5.74) is 9.52. The first kappa shape index (κ1) is 14.3. The van der Waals surface area contributed by atoms with Gasteiger partial charge >= 0.3 is 0 Å². The van der Waals surface area contributed by atoms with Crippen molar-refractivity contribution in [2.45, 2.75) is 12.8 Å². The summed E-state index contributed by atoms with van der Waals surface area (Å²) in [5.74, 6) is 0.586. The lowest BCUT2D eigenvalue weighted by Gasteiger charge is -2.03. The molecular weight excluding hydrogens is 280 g/mol. The van der Waals surface area contributed by atoms with Crippen molar-refractivity contribution in [1.82, 2.24) is 9.97 Å². The van der Waals surface area contributed by atoms with Crippen molar-refractivity contribution < 1.29 is 9.53 Å². The number of amides is 1. The van der Waals surface area contributed by atoms with E-state index in [9.17, 15) is 4.79 Å². The lowest BCUT2D eigenvalue weighted by atomic mass is 10.0. The molecule has 1 amide bonds. The number of benzene rings is 1. The van der Waals surface area contributed by atoms with Crippen molar-refractivity contribution in [2.24, 2.45) is 5.73 Å². The molecule has 22 heavy (non-hydrogen) atoms. The van der Waals surface area contributed by atoms with Crippen LogP contribution in [0.25, 0.3) is 11.6 Å². The molecule has 1 aliphatic heterocycles. The number of nitrogens with one attached hydrogen (secondary N) is 2. The third kappa shape index (κ3) is 2.60. The Morgan fingerprint density at radius 2 is 2.27 bits per heavy atom. The fraction of sp³-hybridized carbons (Fsp3) is 0.250. The molecule has 0 fully saturated rings. The summed E-state index contributed by atoms with van der Waals surface area (Å²) in [6, 6.07) is 5.52. The molecule has 1 aromatic carbocycles. The highest BCUT2D eigenvalue weighted by Crippen LogP contribution is 2.35. The first-order chi connectivity index (χ1) is 10.7. The third-order valence-corrected chi connectivity index (χ3v) is 3.67. The smallest absolute Gasteiger partial charge is 0.256 e. The second-order valence-corrected chi connectivity index (χ2v) is 5.08. The minimum absolute atomic E-state index is 0.129. The number of imidazole rings is 1. The number of nitrogens with zero attached hydrogens (tertiary/aromatic N) is 1. The molecule has 1 aromatic heterocycles. The van der Waals surface area contributed by atoms with Crippen molar-refractivity contribution in [3.8, 4) is 5.75 Å². The minimum Gasteiger partial charge on any atom is -0.497 e. The maximum absolute atomic E-state index is 12.2. The monoisotopic (exact) mass is 298 g/mol. The molecule has 3 rings (SSSR count). The van der Waals surface area contributed by atoms with Gasteiger partial charge in [-0.3, -0.25) is 4.79 Å². The van der Waals surface area contributed by atoms with Crippen molar-refractivity contribution in [3.05, 3.63) is 41.5 Å². The standard InChI is InChI=1S/C16H18N4O2/c1-22-10-4-5-13-11(7-10)12(16(21)20-13)8-15-14(3-2-6-17)18-9-19-15/h4-5,7-9H,2-3,6,17H2,1H3,(H,18,19)(H,20,21)/b12-8-. The van der Waals surface area contributed by atoms with E-state index in [0.717, 1.165) is 35.5 Å². The first-order valence-electron chi connectivity index (χ1n) is 7.16. The number of rotatable bonds is 5. The van der Waals surface area contributed by atoms with Crippen LogP contribution in [0.3, 0.4) is 0 Å². The van der Waals surface area contributed by atoms with Gasteiger partial charge in [-0.2, -0.15) is 0 Å². The molecule has 0 spiro atoms. The van der Waals surface area contributed by atoms with Gasteiger partial charge in [0.25, 0.3) is 5.91 Å². The van der Waals surface area contributed by atoms with E-state index in [1.165, 1.54) is 0 Å². The Labute approximate surface area is 128 Å². The number of hydrogen-bond donors (Lipinski definition) is 3. The Bertz CT molecular complexity index is 733. The molecular formula is C16H18N4O2. The number of methoxy groups -OCH3 is 1. The molecule has 2 aromatic rings. The van der Waals surface area contributed by atoms with Crippen LogP contribution in [0.15, 0.2) is 24.5 Å². The summed E-state index contributed by atoms with van der Waals surface area (Å²) in [6.07, 6.45) is 5.12. The lowest BCUT2D eigenvalue weighted by molar-refractivity contribution is -0.110. The fourth-order valence-corrected chi connectivity index (χ4v) is 2.51. The number of hydrogen-bond acceptors (Lipinski definition) is 4. The van der Waals surface area contributed by atoms with Gasteiger partial charge in [0.2, 0.25) is 0 Å². The molecule has 6 nitrogen and oxygen atoms in total. The largest absolute Gasteiger partial charge is 0.497 e. The normalized spacial score (nSPS) is 15.0. The van der Waals surface area contributed by atoms with E-state index < -0.39 is 0 Å². The Morgan fingerprint density at radius 3 is 3.05 bits per heavy atom. The summed E-state index contributed by atoms with van der Waals surface area (Å²) < 4.78 is 5.23. The number of carbonyl (C=O) groups is 1. The van der Waals surface area contributed by atoms with E-state index in [-0.39, 0.29) is 5.91 Å². The molecule has 0 unspecified atom stereocenters. The Hall–Kier alpha value is -2.60. The maximum atomic E-state index is 12.2. The van der Waals surface area contributed by atoms with Crippen LogP contribution in [-0.2, 0) is 11.2 Å². The fourth-order valence-electron chi connectivity index (χ4n) is 2.51. The SMILES string of the molecule is COc1ccc2c(c1)/C(=C/c1nc[nH]c1CCCN)C(=O)N2. The van der Waals surface area contributed by atoms with Gasteiger partial charge in [-0.15, -0.1) is 0 Å². The van der Waals surface area contributed by atoms with Gasteiger partial charge in [0, 0.05) is 16.9 Å². The molecule has 114 valence electrons. The average molecular weight is 298 g/mol. The van der Waals surface area contributed by atoms with Crippen molar-refractivity contribution in [3.63, 3.8) is 0 Å². The Kier molecular flexibility index (Phi) is 3.93. The van der Waals surface area contributed by atoms with Crippen molar-refractivity contribution >= 4 is 23.2 Å². The maximum Gasteiger partial charge on any atom is 0.256 e. The second-order valence-electron chi connectivity index (χ2n) is 5.08.